The lowest BCUT2D eigenvalue weighted by Gasteiger charge is -2.34. The van der Waals surface area contributed by atoms with Crippen molar-refractivity contribution in [2.45, 2.75) is 13.2 Å². The lowest BCUT2D eigenvalue weighted by molar-refractivity contribution is -0.133. The summed E-state index contributed by atoms with van der Waals surface area (Å²) in [6, 6.07) is 5.72. The van der Waals surface area contributed by atoms with Crippen molar-refractivity contribution in [3.63, 3.8) is 0 Å². The largest absolute Gasteiger partial charge is 0.434 e. The van der Waals surface area contributed by atoms with Gasteiger partial charge in [0.25, 0.3) is 5.91 Å². The van der Waals surface area contributed by atoms with E-state index < -0.39 is 12.5 Å². The Morgan fingerprint density at radius 3 is 2.75 bits per heavy atom. The summed E-state index contributed by atoms with van der Waals surface area (Å²) in [6.45, 7) is -0.463. The zero-order valence-electron chi connectivity index (χ0n) is 21.1. The molecule has 1 aliphatic rings. The molecule has 1 saturated heterocycles. The Morgan fingerprint density at radius 2 is 2.00 bits per heavy atom. The summed E-state index contributed by atoms with van der Waals surface area (Å²) >= 11 is 6.17. The summed E-state index contributed by atoms with van der Waals surface area (Å²) in [4.78, 5) is 34.2. The van der Waals surface area contributed by atoms with Gasteiger partial charge in [-0.25, -0.2) is 9.50 Å². The number of rotatable bonds is 9. The molecule has 3 aromatic heterocycles. The highest BCUT2D eigenvalue weighted by molar-refractivity contribution is 6.31. The summed E-state index contributed by atoms with van der Waals surface area (Å²) in [5.74, 6) is -0.985. The molecular weight excluding hydrogens is 550 g/mol. The third-order valence-electron chi connectivity index (χ3n) is 6.39. The number of carbonyl (C=O) groups is 2. The number of alkyl halides is 2. The van der Waals surface area contributed by atoms with Crippen molar-refractivity contribution in [3.05, 3.63) is 59.6 Å². The zero-order valence-corrected chi connectivity index (χ0v) is 21.8. The van der Waals surface area contributed by atoms with Gasteiger partial charge in [-0.3, -0.25) is 19.2 Å². The second kappa shape index (κ2) is 11.9. The van der Waals surface area contributed by atoms with Crippen LogP contribution in [0.1, 0.15) is 10.4 Å². The Bertz CT molecular complexity index is 1520. The molecule has 210 valence electrons. The molecule has 5 rings (SSSR count). The lowest BCUT2D eigenvalue weighted by Crippen LogP contribution is -2.50. The van der Waals surface area contributed by atoms with E-state index in [1.807, 2.05) is 0 Å². The first-order valence-corrected chi connectivity index (χ1v) is 12.7. The number of halogens is 3. The first kappa shape index (κ1) is 27.4. The van der Waals surface area contributed by atoms with Crippen molar-refractivity contribution in [2.75, 3.05) is 44.6 Å². The zero-order chi connectivity index (χ0) is 28.2. The second-order valence-corrected chi connectivity index (χ2v) is 9.39. The van der Waals surface area contributed by atoms with E-state index in [1.54, 1.807) is 17.2 Å². The molecule has 0 bridgehead atoms. The van der Waals surface area contributed by atoms with Gasteiger partial charge in [0, 0.05) is 61.9 Å². The average molecular weight is 575 g/mol. The molecule has 4 heterocycles. The fourth-order valence-electron chi connectivity index (χ4n) is 4.46. The first-order chi connectivity index (χ1) is 19.3. The highest BCUT2D eigenvalue weighted by Crippen LogP contribution is 2.37. The minimum absolute atomic E-state index is 0.0462. The third kappa shape index (κ3) is 6.03. The van der Waals surface area contributed by atoms with Gasteiger partial charge in [0.05, 0.1) is 18.5 Å². The lowest BCUT2D eigenvalue weighted by atomic mass is 10.1. The van der Waals surface area contributed by atoms with Gasteiger partial charge in [0.1, 0.15) is 23.6 Å². The molecule has 0 atom stereocenters. The van der Waals surface area contributed by atoms with E-state index in [4.69, 9.17) is 16.7 Å². The summed E-state index contributed by atoms with van der Waals surface area (Å²) in [7, 11) is 0. The van der Waals surface area contributed by atoms with E-state index in [2.05, 4.69) is 30.1 Å². The monoisotopic (exact) mass is 574 g/mol. The molecule has 0 spiro atoms. The Morgan fingerprint density at radius 1 is 1.20 bits per heavy atom. The molecular formula is C25H25ClF2N8O4. The number of ether oxygens (including phenoxy) is 1. The van der Waals surface area contributed by atoms with E-state index in [1.165, 1.54) is 46.0 Å². The van der Waals surface area contributed by atoms with Crippen LogP contribution in [-0.2, 0) is 11.3 Å². The number of aliphatic hydroxyl groups excluding tert-OH is 1. The molecule has 1 aliphatic heterocycles. The number of hydrogen-bond acceptors (Lipinski definition) is 8. The number of amides is 2. The van der Waals surface area contributed by atoms with Crippen LogP contribution >= 0.6 is 11.6 Å². The van der Waals surface area contributed by atoms with Gasteiger partial charge in [-0.15, -0.1) is 0 Å². The number of hydrogen-bond donors (Lipinski definition) is 2. The summed E-state index contributed by atoms with van der Waals surface area (Å²) in [6.07, 6.45) is 5.95. The predicted octanol–water partition coefficient (Wildman–Crippen LogP) is 2.24. The number of benzene rings is 1. The number of nitrogens with zero attached hydrogens (tertiary/aromatic N) is 7. The van der Waals surface area contributed by atoms with Crippen molar-refractivity contribution in [1.82, 2.24) is 34.2 Å². The highest BCUT2D eigenvalue weighted by Gasteiger charge is 2.25. The Hall–Kier alpha value is -4.14. The fraction of sp³-hybridized carbons (Fsp3) is 0.320. The molecule has 1 aromatic carbocycles. The standard InChI is InChI=1S/C25H25ClF2N8O4/c26-16-2-3-20(40-25(27)28)17(12-16)22-19(31-24(39)18-13-30-36-5-1-4-29-23(18)36)14-35(32-22)15-21(38)34-8-6-33(7-9-34)10-11-37/h1-5,12-14,25,37H,6-11,15H2,(H,31,39). The topological polar surface area (TPSA) is 130 Å². The Balaban J connectivity index is 1.45. The van der Waals surface area contributed by atoms with Crippen LogP contribution < -0.4 is 10.1 Å². The number of aliphatic hydroxyl groups is 1. The van der Waals surface area contributed by atoms with E-state index >= 15 is 0 Å². The Labute approximate surface area is 231 Å². The smallest absolute Gasteiger partial charge is 0.387 e. The molecule has 40 heavy (non-hydrogen) atoms. The van der Waals surface area contributed by atoms with Crippen LogP contribution in [0.2, 0.25) is 5.02 Å². The van der Waals surface area contributed by atoms with Crippen LogP contribution in [0.3, 0.4) is 0 Å². The number of fused-ring (bicyclic) bond motifs is 1. The van der Waals surface area contributed by atoms with Crippen LogP contribution in [0.5, 0.6) is 5.75 Å². The fourth-order valence-corrected chi connectivity index (χ4v) is 4.63. The van der Waals surface area contributed by atoms with E-state index in [0.717, 1.165) is 0 Å². The van der Waals surface area contributed by atoms with Crippen molar-refractivity contribution in [1.29, 1.82) is 0 Å². The van der Waals surface area contributed by atoms with Gasteiger partial charge in [-0.1, -0.05) is 11.6 Å². The van der Waals surface area contributed by atoms with Crippen LogP contribution in [-0.4, -0.2) is 97.0 Å². The first-order valence-electron chi connectivity index (χ1n) is 12.3. The third-order valence-corrected chi connectivity index (χ3v) is 6.62. The van der Waals surface area contributed by atoms with Gasteiger partial charge >= 0.3 is 6.61 Å². The number of β-amino-alcohol motifs (C(OH)–C–C–N with tert-alkyl or cyclic N) is 1. The molecule has 2 amide bonds. The number of aromatic nitrogens is 5. The molecule has 12 nitrogen and oxygen atoms in total. The summed E-state index contributed by atoms with van der Waals surface area (Å²) < 4.78 is 33.8. The molecule has 2 N–H and O–H groups in total. The summed E-state index contributed by atoms with van der Waals surface area (Å²) in [5, 5.41) is 20.7. The van der Waals surface area contributed by atoms with Gasteiger partial charge in [0.15, 0.2) is 5.65 Å². The van der Waals surface area contributed by atoms with Gasteiger partial charge < -0.3 is 20.1 Å². The molecule has 4 aromatic rings. The van der Waals surface area contributed by atoms with E-state index in [0.29, 0.717) is 38.4 Å². The number of nitrogens with one attached hydrogen (secondary N) is 1. The SMILES string of the molecule is O=C(Nc1cn(CC(=O)N2CCN(CCO)CC2)nc1-c1cc(Cl)ccc1OC(F)F)c1cnn2cccnc12. The number of piperazine rings is 1. The minimum atomic E-state index is -3.11. The molecule has 0 saturated carbocycles. The molecule has 1 fully saturated rings. The van der Waals surface area contributed by atoms with Crippen LogP contribution in [0.15, 0.2) is 49.1 Å². The van der Waals surface area contributed by atoms with Crippen molar-refractivity contribution in [3.8, 4) is 17.0 Å². The minimum Gasteiger partial charge on any atom is -0.434 e. The molecule has 0 radical (unpaired) electrons. The summed E-state index contributed by atoms with van der Waals surface area (Å²) in [5.41, 5.74) is 0.809. The molecule has 15 heteroatoms. The normalized spacial score (nSPS) is 14.2. The Kier molecular flexibility index (Phi) is 8.19. The highest BCUT2D eigenvalue weighted by atomic mass is 35.5. The molecule has 0 aliphatic carbocycles. The predicted molar refractivity (Wildman–Crippen MR) is 140 cm³/mol. The van der Waals surface area contributed by atoms with Gasteiger partial charge in [-0.05, 0) is 24.3 Å². The average Bonchev–Trinajstić information content (AvgIpc) is 3.54. The van der Waals surface area contributed by atoms with Crippen LogP contribution in [0.25, 0.3) is 16.9 Å². The number of carbonyl (C=O) groups excluding carboxylic acids is 2. The van der Waals surface area contributed by atoms with Gasteiger partial charge in [0.2, 0.25) is 5.91 Å². The maximum atomic E-state index is 13.2. The van der Waals surface area contributed by atoms with Gasteiger partial charge in [-0.2, -0.15) is 19.0 Å². The maximum Gasteiger partial charge on any atom is 0.387 e. The second-order valence-electron chi connectivity index (χ2n) is 8.95. The van der Waals surface area contributed by atoms with E-state index in [-0.39, 0.29) is 52.3 Å². The quantitative estimate of drug-likeness (QED) is 0.311. The molecule has 0 unspecified atom stereocenters. The van der Waals surface area contributed by atoms with E-state index in [9.17, 15) is 18.4 Å². The van der Waals surface area contributed by atoms with Crippen molar-refractivity contribution >= 4 is 34.7 Å². The number of anilines is 1. The maximum absolute atomic E-state index is 13.2. The van der Waals surface area contributed by atoms with Crippen molar-refractivity contribution in [2.24, 2.45) is 0 Å². The van der Waals surface area contributed by atoms with Crippen LogP contribution in [0.4, 0.5) is 14.5 Å². The van der Waals surface area contributed by atoms with Crippen molar-refractivity contribution < 1.29 is 28.2 Å². The van der Waals surface area contributed by atoms with Crippen LogP contribution in [0, 0.1) is 0 Å².